The molecule has 32 heavy (non-hydrogen) atoms. The lowest BCUT2D eigenvalue weighted by Crippen LogP contribution is -2.08. The standard InChI is InChI=1S/C29H33ClO2/c1-3-5-7-9-22-11-15-24(16-12-22)26-19-20-28(27(30)21-26)32-29(31)25-17-13-23(14-18-25)10-8-6-4-2/h11-21H,3-10H2,1-2H3. The quantitative estimate of drug-likeness (QED) is 0.166. The van der Waals surface area contributed by atoms with Crippen LogP contribution in [-0.4, -0.2) is 5.97 Å². The van der Waals surface area contributed by atoms with Gasteiger partial charge in [-0.1, -0.05) is 93.6 Å². The van der Waals surface area contributed by atoms with E-state index in [0.717, 1.165) is 24.0 Å². The monoisotopic (exact) mass is 448 g/mol. The Morgan fingerprint density at radius 1 is 0.719 bits per heavy atom. The lowest BCUT2D eigenvalue weighted by atomic mass is 10.0. The molecular weight excluding hydrogens is 416 g/mol. The molecule has 0 radical (unpaired) electrons. The lowest BCUT2D eigenvalue weighted by molar-refractivity contribution is 0.0735. The Labute approximate surface area is 197 Å². The van der Waals surface area contributed by atoms with Crippen molar-refractivity contribution < 1.29 is 9.53 Å². The maximum atomic E-state index is 12.6. The van der Waals surface area contributed by atoms with Crippen molar-refractivity contribution in [3.8, 4) is 16.9 Å². The Morgan fingerprint density at radius 2 is 1.25 bits per heavy atom. The van der Waals surface area contributed by atoms with Gasteiger partial charge in [-0.15, -0.1) is 0 Å². The third-order valence-electron chi connectivity index (χ3n) is 5.75. The Hall–Kier alpha value is -2.58. The topological polar surface area (TPSA) is 26.3 Å². The Bertz CT molecular complexity index is 991. The summed E-state index contributed by atoms with van der Waals surface area (Å²) in [6, 6.07) is 21.8. The zero-order valence-corrected chi connectivity index (χ0v) is 20.0. The largest absolute Gasteiger partial charge is 0.421 e. The molecule has 0 fully saturated rings. The Balaban J connectivity index is 1.62. The van der Waals surface area contributed by atoms with E-state index < -0.39 is 5.97 Å². The highest BCUT2D eigenvalue weighted by Gasteiger charge is 2.12. The molecule has 0 atom stereocenters. The van der Waals surface area contributed by atoms with E-state index in [1.165, 1.54) is 49.7 Å². The second kappa shape index (κ2) is 12.5. The molecule has 0 bridgehead atoms. The molecule has 0 amide bonds. The first kappa shape index (κ1) is 24.1. The predicted octanol–water partition coefficient (Wildman–Crippen LogP) is 8.69. The zero-order chi connectivity index (χ0) is 22.8. The average molecular weight is 449 g/mol. The highest BCUT2D eigenvalue weighted by molar-refractivity contribution is 6.32. The van der Waals surface area contributed by atoms with Crippen LogP contribution in [0, 0.1) is 0 Å². The van der Waals surface area contributed by atoms with Crippen LogP contribution in [0.4, 0.5) is 0 Å². The van der Waals surface area contributed by atoms with Gasteiger partial charge < -0.3 is 4.74 Å². The fourth-order valence-corrected chi connectivity index (χ4v) is 3.97. The van der Waals surface area contributed by atoms with Crippen molar-refractivity contribution in [2.24, 2.45) is 0 Å². The third-order valence-corrected chi connectivity index (χ3v) is 6.04. The van der Waals surface area contributed by atoms with Crippen LogP contribution in [0.2, 0.25) is 5.02 Å². The van der Waals surface area contributed by atoms with Gasteiger partial charge in [0.2, 0.25) is 0 Å². The first-order valence-corrected chi connectivity index (χ1v) is 12.2. The van der Waals surface area contributed by atoms with E-state index >= 15 is 0 Å². The number of halogens is 1. The molecule has 0 unspecified atom stereocenters. The molecule has 3 rings (SSSR count). The average Bonchev–Trinajstić information content (AvgIpc) is 2.81. The summed E-state index contributed by atoms with van der Waals surface area (Å²) in [4.78, 5) is 12.6. The van der Waals surface area contributed by atoms with Gasteiger partial charge in [-0.25, -0.2) is 4.79 Å². The Morgan fingerprint density at radius 3 is 1.78 bits per heavy atom. The molecule has 3 aromatic rings. The van der Waals surface area contributed by atoms with Crippen molar-refractivity contribution in [1.29, 1.82) is 0 Å². The molecule has 0 aliphatic rings. The highest BCUT2D eigenvalue weighted by Crippen LogP contribution is 2.31. The number of esters is 1. The summed E-state index contributed by atoms with van der Waals surface area (Å²) >= 11 is 6.45. The molecule has 0 N–H and O–H groups in total. The normalized spacial score (nSPS) is 10.8. The molecular formula is C29H33ClO2. The fraction of sp³-hybridized carbons (Fsp3) is 0.345. The van der Waals surface area contributed by atoms with E-state index in [1.54, 1.807) is 6.07 Å². The van der Waals surface area contributed by atoms with E-state index in [9.17, 15) is 4.79 Å². The van der Waals surface area contributed by atoms with Crippen LogP contribution in [0.15, 0.2) is 66.7 Å². The molecule has 3 heteroatoms. The van der Waals surface area contributed by atoms with Crippen LogP contribution in [0.5, 0.6) is 5.75 Å². The summed E-state index contributed by atoms with van der Waals surface area (Å²) in [6.07, 6.45) is 9.47. The maximum absolute atomic E-state index is 12.6. The Kier molecular flexibility index (Phi) is 9.37. The smallest absolute Gasteiger partial charge is 0.343 e. The van der Waals surface area contributed by atoms with E-state index in [0.29, 0.717) is 16.3 Å². The number of carbonyl (C=O) groups excluding carboxylic acids is 1. The number of unbranched alkanes of at least 4 members (excludes halogenated alkanes) is 4. The summed E-state index contributed by atoms with van der Waals surface area (Å²) in [5, 5.41) is 0.430. The summed E-state index contributed by atoms with van der Waals surface area (Å²) in [6.45, 7) is 4.42. The second-order valence-corrected chi connectivity index (χ2v) is 8.75. The molecule has 0 aromatic heterocycles. The number of hydrogen-bond donors (Lipinski definition) is 0. The maximum Gasteiger partial charge on any atom is 0.343 e. The summed E-state index contributed by atoms with van der Waals surface area (Å²) in [7, 11) is 0. The van der Waals surface area contributed by atoms with Gasteiger partial charge in [0.05, 0.1) is 10.6 Å². The number of aryl methyl sites for hydroxylation is 2. The second-order valence-electron chi connectivity index (χ2n) is 8.34. The minimum atomic E-state index is -0.392. The van der Waals surface area contributed by atoms with Crippen molar-refractivity contribution in [3.05, 3.63) is 88.4 Å². The van der Waals surface area contributed by atoms with Gasteiger partial charge in [0, 0.05) is 0 Å². The van der Waals surface area contributed by atoms with Crippen molar-refractivity contribution in [2.45, 2.75) is 65.2 Å². The summed E-state index contributed by atoms with van der Waals surface area (Å²) < 4.78 is 5.56. The SMILES string of the molecule is CCCCCc1ccc(C(=O)Oc2ccc(-c3ccc(CCCCC)cc3)cc2Cl)cc1. The van der Waals surface area contributed by atoms with Crippen LogP contribution in [0.3, 0.4) is 0 Å². The molecule has 3 aromatic carbocycles. The first-order valence-electron chi connectivity index (χ1n) is 11.8. The third kappa shape index (κ3) is 6.97. The van der Waals surface area contributed by atoms with Gasteiger partial charge >= 0.3 is 5.97 Å². The van der Waals surface area contributed by atoms with Crippen LogP contribution in [-0.2, 0) is 12.8 Å². The fourth-order valence-electron chi connectivity index (χ4n) is 3.75. The van der Waals surface area contributed by atoms with E-state index in [4.69, 9.17) is 16.3 Å². The van der Waals surface area contributed by atoms with E-state index in [-0.39, 0.29) is 0 Å². The molecule has 0 aliphatic heterocycles. The van der Waals surface area contributed by atoms with E-state index in [2.05, 4.69) is 38.1 Å². The van der Waals surface area contributed by atoms with Gasteiger partial charge in [0.25, 0.3) is 0 Å². The number of carbonyl (C=O) groups is 1. The van der Waals surface area contributed by atoms with Crippen molar-refractivity contribution in [1.82, 2.24) is 0 Å². The minimum absolute atomic E-state index is 0.378. The minimum Gasteiger partial charge on any atom is -0.421 e. The predicted molar refractivity (Wildman–Crippen MR) is 135 cm³/mol. The molecule has 168 valence electrons. The van der Waals surface area contributed by atoms with Crippen LogP contribution in [0.25, 0.3) is 11.1 Å². The van der Waals surface area contributed by atoms with Gasteiger partial charge in [-0.3, -0.25) is 0 Å². The number of benzene rings is 3. The van der Waals surface area contributed by atoms with Gasteiger partial charge in [-0.05, 0) is 72.2 Å². The van der Waals surface area contributed by atoms with Gasteiger partial charge in [0.15, 0.2) is 0 Å². The summed E-state index contributed by atoms with van der Waals surface area (Å²) in [5.41, 5.74) is 5.24. The number of ether oxygens (including phenoxy) is 1. The molecule has 2 nitrogen and oxygen atoms in total. The lowest BCUT2D eigenvalue weighted by Gasteiger charge is -2.10. The highest BCUT2D eigenvalue weighted by atomic mass is 35.5. The zero-order valence-electron chi connectivity index (χ0n) is 19.2. The van der Waals surface area contributed by atoms with Crippen molar-refractivity contribution in [2.75, 3.05) is 0 Å². The van der Waals surface area contributed by atoms with Crippen molar-refractivity contribution >= 4 is 17.6 Å². The molecule has 0 heterocycles. The molecule has 0 aliphatic carbocycles. The molecule has 0 saturated heterocycles. The van der Waals surface area contributed by atoms with Gasteiger partial charge in [0.1, 0.15) is 5.75 Å². The first-order chi connectivity index (χ1) is 15.6. The summed E-state index contributed by atoms with van der Waals surface area (Å²) in [5.74, 6) is -0.0141. The van der Waals surface area contributed by atoms with Crippen molar-refractivity contribution in [3.63, 3.8) is 0 Å². The van der Waals surface area contributed by atoms with Crippen LogP contribution in [0.1, 0.15) is 73.9 Å². The van der Waals surface area contributed by atoms with Crippen LogP contribution >= 0.6 is 11.6 Å². The van der Waals surface area contributed by atoms with Gasteiger partial charge in [-0.2, -0.15) is 0 Å². The van der Waals surface area contributed by atoms with Crippen LogP contribution < -0.4 is 4.74 Å². The van der Waals surface area contributed by atoms with E-state index in [1.807, 2.05) is 36.4 Å². The number of rotatable bonds is 11. The molecule has 0 saturated carbocycles. The molecule has 0 spiro atoms. The number of hydrogen-bond acceptors (Lipinski definition) is 2.